The predicted molar refractivity (Wildman–Crippen MR) is 188 cm³/mol. The molecule has 1 heteroatoms. The lowest BCUT2D eigenvalue weighted by Crippen LogP contribution is -2.17. The Kier molecular flexibility index (Phi) is 7.09. The van der Waals surface area contributed by atoms with Crippen molar-refractivity contribution < 1.29 is 0 Å². The van der Waals surface area contributed by atoms with Gasteiger partial charge in [-0.1, -0.05) is 119 Å². The van der Waals surface area contributed by atoms with Crippen LogP contribution in [0.5, 0.6) is 0 Å². The molecular formula is C43H45N. The summed E-state index contributed by atoms with van der Waals surface area (Å²) in [5.41, 5.74) is 12.5. The standard InChI is InChI=1S/C43H45N/c1-43(2)41-28-35(31-13-7-4-8-14-31)20-25-39(41)40-26-24-38(29-42(40)43)44(37-23-19-32-15-9-10-16-34(32)27-37)36-21-17-33(18-22-36)30-11-5-3-6-12-30/h9-10,15-31H,3-8,11-14H2,1-2H3. The molecule has 8 rings (SSSR count). The first-order valence-corrected chi connectivity index (χ1v) is 17.2. The second kappa shape index (κ2) is 11.3. The fraction of sp³-hybridized carbons (Fsp3) is 0.349. The topological polar surface area (TPSA) is 3.24 Å². The van der Waals surface area contributed by atoms with Gasteiger partial charge in [-0.05, 0) is 118 Å². The highest BCUT2D eigenvalue weighted by atomic mass is 15.1. The van der Waals surface area contributed by atoms with Crippen molar-refractivity contribution in [2.45, 2.75) is 95.3 Å². The van der Waals surface area contributed by atoms with Gasteiger partial charge in [0, 0.05) is 22.5 Å². The van der Waals surface area contributed by atoms with E-state index in [0.717, 1.165) is 5.92 Å². The summed E-state index contributed by atoms with van der Waals surface area (Å²) in [7, 11) is 0. The summed E-state index contributed by atoms with van der Waals surface area (Å²) >= 11 is 0. The monoisotopic (exact) mass is 575 g/mol. The van der Waals surface area contributed by atoms with Crippen molar-refractivity contribution in [3.8, 4) is 11.1 Å². The Bertz CT molecular complexity index is 1800. The highest BCUT2D eigenvalue weighted by Crippen LogP contribution is 2.52. The number of hydrogen-bond donors (Lipinski definition) is 0. The molecule has 0 unspecified atom stereocenters. The Labute approximate surface area is 264 Å². The number of nitrogens with zero attached hydrogens (tertiary/aromatic N) is 1. The molecule has 0 aliphatic heterocycles. The van der Waals surface area contributed by atoms with E-state index < -0.39 is 0 Å². The quantitative estimate of drug-likeness (QED) is 0.201. The van der Waals surface area contributed by atoms with Crippen LogP contribution < -0.4 is 4.90 Å². The van der Waals surface area contributed by atoms with Gasteiger partial charge in [0.05, 0.1) is 0 Å². The third-order valence-electron chi connectivity index (χ3n) is 11.2. The summed E-state index contributed by atoms with van der Waals surface area (Å²) in [5, 5.41) is 2.56. The molecule has 222 valence electrons. The Balaban J connectivity index is 1.21. The molecule has 5 aromatic carbocycles. The molecule has 5 aromatic rings. The lowest BCUT2D eigenvalue weighted by molar-refractivity contribution is 0.443. The predicted octanol–water partition coefficient (Wildman–Crippen LogP) is 12.7. The SMILES string of the molecule is CC1(C)c2cc(C3CCCCC3)ccc2-c2ccc(N(c3ccc(C4CCCCC4)cc3)c3ccc4ccccc4c3)cc21. The van der Waals surface area contributed by atoms with Crippen LogP contribution in [-0.4, -0.2) is 0 Å². The molecule has 3 aliphatic rings. The highest BCUT2D eigenvalue weighted by Gasteiger charge is 2.37. The van der Waals surface area contributed by atoms with Crippen molar-refractivity contribution in [1.29, 1.82) is 0 Å². The van der Waals surface area contributed by atoms with Gasteiger partial charge in [-0.3, -0.25) is 0 Å². The first-order chi connectivity index (χ1) is 21.6. The molecule has 2 fully saturated rings. The fourth-order valence-corrected chi connectivity index (χ4v) is 8.67. The molecule has 0 amide bonds. The number of benzene rings is 5. The summed E-state index contributed by atoms with van der Waals surface area (Å²) in [4.78, 5) is 2.48. The van der Waals surface area contributed by atoms with Crippen molar-refractivity contribution in [2.24, 2.45) is 0 Å². The summed E-state index contributed by atoms with van der Waals surface area (Å²) in [6, 6.07) is 39.8. The third kappa shape index (κ3) is 4.86. The van der Waals surface area contributed by atoms with Gasteiger partial charge in [0.25, 0.3) is 0 Å². The smallest absolute Gasteiger partial charge is 0.0468 e. The molecule has 1 nitrogen and oxygen atoms in total. The number of anilines is 3. The van der Waals surface area contributed by atoms with E-state index in [0.29, 0.717) is 5.92 Å². The van der Waals surface area contributed by atoms with Crippen LogP contribution >= 0.6 is 0 Å². The molecule has 0 atom stereocenters. The van der Waals surface area contributed by atoms with E-state index in [2.05, 4.69) is 122 Å². The Morgan fingerprint density at radius 1 is 0.477 bits per heavy atom. The highest BCUT2D eigenvalue weighted by molar-refractivity contribution is 5.90. The molecule has 0 saturated heterocycles. The maximum Gasteiger partial charge on any atom is 0.0468 e. The number of fused-ring (bicyclic) bond motifs is 4. The Morgan fingerprint density at radius 3 is 1.70 bits per heavy atom. The number of hydrogen-bond acceptors (Lipinski definition) is 1. The van der Waals surface area contributed by atoms with Gasteiger partial charge in [-0.2, -0.15) is 0 Å². The molecule has 2 saturated carbocycles. The zero-order chi connectivity index (χ0) is 29.7. The van der Waals surface area contributed by atoms with Crippen LogP contribution in [0.15, 0.2) is 103 Å². The van der Waals surface area contributed by atoms with Crippen molar-refractivity contribution in [3.05, 3.63) is 125 Å². The summed E-state index contributed by atoms with van der Waals surface area (Å²) in [6.07, 6.45) is 13.6. The molecule has 0 aromatic heterocycles. The molecule has 0 N–H and O–H groups in total. The second-order valence-corrected chi connectivity index (χ2v) is 14.3. The number of rotatable bonds is 5. The Morgan fingerprint density at radius 2 is 1.00 bits per heavy atom. The average molecular weight is 576 g/mol. The van der Waals surface area contributed by atoms with Gasteiger partial charge in [-0.15, -0.1) is 0 Å². The van der Waals surface area contributed by atoms with Crippen LogP contribution in [-0.2, 0) is 5.41 Å². The Hall–Kier alpha value is -3.84. The third-order valence-corrected chi connectivity index (χ3v) is 11.2. The van der Waals surface area contributed by atoms with E-state index in [1.807, 2.05) is 0 Å². The van der Waals surface area contributed by atoms with Gasteiger partial charge < -0.3 is 4.90 Å². The van der Waals surface area contributed by atoms with Crippen molar-refractivity contribution in [2.75, 3.05) is 4.90 Å². The first-order valence-electron chi connectivity index (χ1n) is 17.2. The van der Waals surface area contributed by atoms with Gasteiger partial charge >= 0.3 is 0 Å². The van der Waals surface area contributed by atoms with Crippen molar-refractivity contribution in [3.63, 3.8) is 0 Å². The van der Waals surface area contributed by atoms with E-state index >= 15 is 0 Å². The minimum Gasteiger partial charge on any atom is -0.310 e. The summed E-state index contributed by atoms with van der Waals surface area (Å²) < 4.78 is 0. The van der Waals surface area contributed by atoms with Crippen molar-refractivity contribution in [1.82, 2.24) is 0 Å². The van der Waals surface area contributed by atoms with E-state index in [9.17, 15) is 0 Å². The van der Waals surface area contributed by atoms with Crippen LogP contribution in [0.3, 0.4) is 0 Å². The molecule has 0 spiro atoms. The summed E-state index contributed by atoms with van der Waals surface area (Å²) in [6.45, 7) is 4.87. The molecule has 0 radical (unpaired) electrons. The molecule has 0 bridgehead atoms. The van der Waals surface area contributed by atoms with Crippen LogP contribution in [0.1, 0.15) is 112 Å². The first kappa shape index (κ1) is 27.7. The molecular weight excluding hydrogens is 530 g/mol. The van der Waals surface area contributed by atoms with Crippen LogP contribution in [0.25, 0.3) is 21.9 Å². The van der Waals surface area contributed by atoms with Gasteiger partial charge in [0.15, 0.2) is 0 Å². The van der Waals surface area contributed by atoms with E-state index in [4.69, 9.17) is 0 Å². The maximum absolute atomic E-state index is 2.57. The normalized spacial score (nSPS) is 18.2. The zero-order valence-electron chi connectivity index (χ0n) is 26.5. The van der Waals surface area contributed by atoms with Gasteiger partial charge in [0.2, 0.25) is 0 Å². The second-order valence-electron chi connectivity index (χ2n) is 14.3. The van der Waals surface area contributed by atoms with Crippen LogP contribution in [0.4, 0.5) is 17.1 Å². The maximum atomic E-state index is 2.57. The lowest BCUT2D eigenvalue weighted by atomic mass is 9.79. The van der Waals surface area contributed by atoms with E-state index in [1.165, 1.54) is 120 Å². The largest absolute Gasteiger partial charge is 0.310 e. The lowest BCUT2D eigenvalue weighted by Gasteiger charge is -2.29. The minimum absolute atomic E-state index is 0.0365. The summed E-state index contributed by atoms with van der Waals surface area (Å²) in [5.74, 6) is 1.44. The van der Waals surface area contributed by atoms with E-state index in [1.54, 1.807) is 5.56 Å². The van der Waals surface area contributed by atoms with Crippen LogP contribution in [0.2, 0.25) is 0 Å². The van der Waals surface area contributed by atoms with Gasteiger partial charge in [0.1, 0.15) is 0 Å². The fourth-order valence-electron chi connectivity index (χ4n) is 8.67. The minimum atomic E-state index is -0.0365. The molecule has 3 aliphatic carbocycles. The zero-order valence-corrected chi connectivity index (χ0v) is 26.5. The van der Waals surface area contributed by atoms with E-state index in [-0.39, 0.29) is 5.41 Å². The van der Waals surface area contributed by atoms with Gasteiger partial charge in [-0.25, -0.2) is 0 Å². The average Bonchev–Trinajstić information content (AvgIpc) is 3.31. The molecule has 0 heterocycles. The molecule has 44 heavy (non-hydrogen) atoms. The van der Waals surface area contributed by atoms with Crippen molar-refractivity contribution >= 4 is 27.8 Å². The van der Waals surface area contributed by atoms with Crippen LogP contribution in [0, 0.1) is 0 Å².